The molecule has 0 amide bonds. The molecule has 1 unspecified atom stereocenters. The van der Waals surface area contributed by atoms with Crippen LogP contribution in [-0.2, 0) is 9.53 Å². The van der Waals surface area contributed by atoms with E-state index in [2.05, 4.69) is 20.8 Å². The van der Waals surface area contributed by atoms with Crippen LogP contribution in [-0.4, -0.2) is 12.6 Å². The average molecular weight is 186 g/mol. The second kappa shape index (κ2) is 8.09. The van der Waals surface area contributed by atoms with Gasteiger partial charge in [0.15, 0.2) is 0 Å². The van der Waals surface area contributed by atoms with Crippen LogP contribution in [0.25, 0.3) is 0 Å². The monoisotopic (exact) mass is 186 g/mol. The lowest BCUT2D eigenvalue weighted by Crippen LogP contribution is -2.10. The molecule has 0 aromatic carbocycles. The highest BCUT2D eigenvalue weighted by Gasteiger charge is 2.08. The summed E-state index contributed by atoms with van der Waals surface area (Å²) in [5.41, 5.74) is 0. The van der Waals surface area contributed by atoms with Gasteiger partial charge in [0.05, 0.1) is 6.61 Å². The first kappa shape index (κ1) is 12.5. The summed E-state index contributed by atoms with van der Waals surface area (Å²) in [5, 5.41) is 0. The Hall–Kier alpha value is -0.530. The minimum atomic E-state index is -0.0330. The number of ether oxygens (including phenoxy) is 1. The van der Waals surface area contributed by atoms with Crippen molar-refractivity contribution in [1.29, 1.82) is 0 Å². The zero-order chi connectivity index (χ0) is 10.1. The molecular formula is C11H22O2. The molecule has 0 aliphatic rings. The van der Waals surface area contributed by atoms with Crippen LogP contribution in [0.5, 0.6) is 0 Å². The fourth-order valence-electron chi connectivity index (χ4n) is 1.27. The number of carbonyl (C=O) groups is 1. The van der Waals surface area contributed by atoms with Crippen LogP contribution < -0.4 is 0 Å². The molecule has 2 nitrogen and oxygen atoms in total. The van der Waals surface area contributed by atoms with Gasteiger partial charge in [-0.2, -0.15) is 0 Å². The van der Waals surface area contributed by atoms with Gasteiger partial charge in [0.1, 0.15) is 0 Å². The molecule has 0 N–H and O–H groups in total. The number of carbonyl (C=O) groups excluding carboxylic acids is 1. The molecule has 0 saturated carbocycles. The van der Waals surface area contributed by atoms with Gasteiger partial charge < -0.3 is 4.74 Å². The molecule has 0 aromatic rings. The fourth-order valence-corrected chi connectivity index (χ4v) is 1.27. The van der Waals surface area contributed by atoms with Crippen molar-refractivity contribution in [2.24, 2.45) is 5.92 Å². The van der Waals surface area contributed by atoms with Gasteiger partial charge >= 0.3 is 5.97 Å². The van der Waals surface area contributed by atoms with Gasteiger partial charge in [0.2, 0.25) is 0 Å². The van der Waals surface area contributed by atoms with Crippen LogP contribution in [0.3, 0.4) is 0 Å². The Morgan fingerprint density at radius 2 is 2.00 bits per heavy atom. The van der Waals surface area contributed by atoms with E-state index < -0.39 is 0 Å². The number of hydrogen-bond donors (Lipinski definition) is 0. The summed E-state index contributed by atoms with van der Waals surface area (Å²) in [6.45, 7) is 6.92. The highest BCUT2D eigenvalue weighted by molar-refractivity contribution is 5.69. The third kappa shape index (κ3) is 7.82. The molecule has 78 valence electrons. The molecule has 0 aliphatic carbocycles. The second-order valence-corrected chi connectivity index (χ2v) is 3.67. The van der Waals surface area contributed by atoms with Crippen molar-refractivity contribution in [2.75, 3.05) is 6.61 Å². The molecule has 13 heavy (non-hydrogen) atoms. The Morgan fingerprint density at radius 3 is 2.54 bits per heavy atom. The van der Waals surface area contributed by atoms with Crippen molar-refractivity contribution in [3.05, 3.63) is 0 Å². The molecule has 0 rings (SSSR count). The predicted octanol–water partition coefficient (Wildman–Crippen LogP) is 3.16. The number of unbranched alkanes of at least 4 members (excludes halogenated alkanes) is 1. The lowest BCUT2D eigenvalue weighted by molar-refractivity contribution is -0.144. The maximum atomic E-state index is 11.2. The normalized spacial score (nSPS) is 12.5. The molecule has 0 aromatic heterocycles. The van der Waals surface area contributed by atoms with Gasteiger partial charge in [0, 0.05) is 6.42 Å². The summed E-state index contributed by atoms with van der Waals surface area (Å²) in [7, 11) is 0. The molecule has 2 heteroatoms. The van der Waals surface area contributed by atoms with Crippen LogP contribution in [0, 0.1) is 5.92 Å². The zero-order valence-electron chi connectivity index (χ0n) is 9.14. The van der Waals surface area contributed by atoms with Crippen molar-refractivity contribution < 1.29 is 9.53 Å². The third-order valence-corrected chi connectivity index (χ3v) is 2.06. The molecule has 0 heterocycles. The molecule has 0 bridgehead atoms. The number of hydrogen-bond acceptors (Lipinski definition) is 2. The Morgan fingerprint density at radius 1 is 1.31 bits per heavy atom. The van der Waals surface area contributed by atoms with Gasteiger partial charge in [-0.25, -0.2) is 0 Å². The van der Waals surface area contributed by atoms with E-state index in [4.69, 9.17) is 4.74 Å². The van der Waals surface area contributed by atoms with E-state index in [0.717, 1.165) is 25.7 Å². The minimum Gasteiger partial charge on any atom is -0.466 e. The van der Waals surface area contributed by atoms with Gasteiger partial charge in [0.25, 0.3) is 0 Å². The smallest absolute Gasteiger partial charge is 0.306 e. The van der Waals surface area contributed by atoms with Crippen molar-refractivity contribution in [3.63, 3.8) is 0 Å². The third-order valence-electron chi connectivity index (χ3n) is 2.06. The van der Waals surface area contributed by atoms with E-state index in [0.29, 0.717) is 18.9 Å². The summed E-state index contributed by atoms with van der Waals surface area (Å²) in [4.78, 5) is 11.2. The minimum absolute atomic E-state index is 0.0330. The first-order chi connectivity index (χ1) is 6.20. The van der Waals surface area contributed by atoms with Crippen molar-refractivity contribution in [3.8, 4) is 0 Å². The molecule has 0 radical (unpaired) electrons. The van der Waals surface area contributed by atoms with Gasteiger partial charge in [-0.1, -0.05) is 40.0 Å². The molecule has 0 aliphatic heterocycles. The Balaban J connectivity index is 3.38. The van der Waals surface area contributed by atoms with Crippen LogP contribution >= 0.6 is 0 Å². The van der Waals surface area contributed by atoms with E-state index in [1.165, 1.54) is 0 Å². The van der Waals surface area contributed by atoms with Gasteiger partial charge in [-0.15, -0.1) is 0 Å². The lowest BCUT2D eigenvalue weighted by Gasteiger charge is -2.09. The molecule has 0 fully saturated rings. The number of rotatable bonds is 7. The Bertz CT molecular complexity index is 132. The van der Waals surface area contributed by atoms with Crippen molar-refractivity contribution in [2.45, 2.75) is 52.9 Å². The zero-order valence-corrected chi connectivity index (χ0v) is 9.14. The summed E-state index contributed by atoms with van der Waals surface area (Å²) in [5.74, 6) is 0.438. The molecular weight excluding hydrogens is 164 g/mol. The largest absolute Gasteiger partial charge is 0.466 e. The summed E-state index contributed by atoms with van der Waals surface area (Å²) < 4.78 is 5.06. The maximum absolute atomic E-state index is 11.2. The van der Waals surface area contributed by atoms with Crippen molar-refractivity contribution in [1.82, 2.24) is 0 Å². The van der Waals surface area contributed by atoms with Crippen LogP contribution in [0.4, 0.5) is 0 Å². The summed E-state index contributed by atoms with van der Waals surface area (Å²) in [6, 6.07) is 0. The number of esters is 1. The predicted molar refractivity (Wildman–Crippen MR) is 54.6 cm³/mol. The second-order valence-electron chi connectivity index (χ2n) is 3.67. The summed E-state index contributed by atoms with van der Waals surface area (Å²) >= 11 is 0. The highest BCUT2D eigenvalue weighted by Crippen LogP contribution is 2.10. The lowest BCUT2D eigenvalue weighted by atomic mass is 10.0. The maximum Gasteiger partial charge on any atom is 0.306 e. The SMILES string of the molecule is CCCCOC(=O)CC(C)CCC. The Labute approximate surface area is 81.7 Å². The molecule has 1 atom stereocenters. The van der Waals surface area contributed by atoms with E-state index in [1.54, 1.807) is 0 Å². The Kier molecular flexibility index (Phi) is 7.76. The van der Waals surface area contributed by atoms with Crippen molar-refractivity contribution >= 4 is 5.97 Å². The van der Waals surface area contributed by atoms with Crippen LogP contribution in [0.2, 0.25) is 0 Å². The topological polar surface area (TPSA) is 26.3 Å². The van der Waals surface area contributed by atoms with Crippen LogP contribution in [0.15, 0.2) is 0 Å². The van der Waals surface area contributed by atoms with Gasteiger partial charge in [-0.05, 0) is 12.3 Å². The molecule has 0 saturated heterocycles. The standard InChI is InChI=1S/C11H22O2/c1-4-6-8-13-11(12)9-10(3)7-5-2/h10H,4-9H2,1-3H3. The summed E-state index contributed by atoms with van der Waals surface area (Å²) in [6.07, 6.45) is 4.90. The quantitative estimate of drug-likeness (QED) is 0.451. The molecule has 0 spiro atoms. The highest BCUT2D eigenvalue weighted by atomic mass is 16.5. The van der Waals surface area contributed by atoms with E-state index in [-0.39, 0.29) is 5.97 Å². The average Bonchev–Trinajstić information content (AvgIpc) is 2.05. The van der Waals surface area contributed by atoms with Crippen LogP contribution in [0.1, 0.15) is 52.9 Å². The first-order valence-corrected chi connectivity index (χ1v) is 5.36. The van der Waals surface area contributed by atoms with E-state index in [9.17, 15) is 4.79 Å². The van der Waals surface area contributed by atoms with Gasteiger partial charge in [-0.3, -0.25) is 4.79 Å². The first-order valence-electron chi connectivity index (χ1n) is 5.36. The van der Waals surface area contributed by atoms with E-state index in [1.807, 2.05) is 0 Å². The van der Waals surface area contributed by atoms with E-state index >= 15 is 0 Å². The fraction of sp³-hybridized carbons (Fsp3) is 0.909.